The van der Waals surface area contributed by atoms with Gasteiger partial charge in [-0.1, -0.05) is 6.92 Å². The van der Waals surface area contributed by atoms with Gasteiger partial charge in [0.15, 0.2) is 0 Å². The predicted molar refractivity (Wildman–Crippen MR) is 60.0 cm³/mol. The fourth-order valence-electron chi connectivity index (χ4n) is 2.19. The fraction of sp³-hybridized carbons (Fsp3) is 0.727. The molecule has 0 saturated carbocycles. The van der Waals surface area contributed by atoms with Gasteiger partial charge in [-0.15, -0.1) is 0 Å². The normalized spacial score (nSPS) is 30.9. The largest absolute Gasteiger partial charge is 0.316 e. The molecule has 2 unspecified atom stereocenters. The van der Waals surface area contributed by atoms with Gasteiger partial charge in [0.25, 0.3) is 5.91 Å². The molecule has 2 aliphatic heterocycles. The number of amides is 2. The quantitative estimate of drug-likeness (QED) is 0.651. The van der Waals surface area contributed by atoms with Crippen molar-refractivity contribution in [2.75, 3.05) is 13.1 Å². The smallest absolute Gasteiger partial charge is 0.259 e. The van der Waals surface area contributed by atoms with Crippen LogP contribution in [0.25, 0.3) is 0 Å². The lowest BCUT2D eigenvalue weighted by atomic mass is 9.95. The third kappa shape index (κ3) is 2.14. The standard InChI is InChI=1S/C11H17N3O2/c1-2-8-10(15)13-9(14-11(8)16)7-4-3-5-12-6-7/h7-8,12H,2-6H2,1H3,(H,13,14,15,16). The Morgan fingerprint density at radius 3 is 2.81 bits per heavy atom. The van der Waals surface area contributed by atoms with E-state index in [2.05, 4.69) is 15.6 Å². The Balaban J connectivity index is 2.11. The van der Waals surface area contributed by atoms with E-state index in [0.29, 0.717) is 12.3 Å². The topological polar surface area (TPSA) is 70.6 Å². The van der Waals surface area contributed by atoms with Gasteiger partial charge >= 0.3 is 0 Å². The van der Waals surface area contributed by atoms with Crippen molar-refractivity contribution in [1.82, 2.24) is 10.6 Å². The van der Waals surface area contributed by atoms with Crippen molar-refractivity contribution in [3.8, 4) is 0 Å². The predicted octanol–water partition coefficient (Wildman–Crippen LogP) is 0.0671. The van der Waals surface area contributed by atoms with Crippen LogP contribution in [0.5, 0.6) is 0 Å². The number of nitrogens with zero attached hydrogens (tertiary/aromatic N) is 1. The Bertz CT molecular complexity index is 332. The molecular weight excluding hydrogens is 206 g/mol. The molecule has 0 aliphatic carbocycles. The molecule has 0 aromatic rings. The van der Waals surface area contributed by atoms with Crippen LogP contribution in [0.2, 0.25) is 0 Å². The van der Waals surface area contributed by atoms with E-state index in [1.54, 1.807) is 0 Å². The van der Waals surface area contributed by atoms with Gasteiger partial charge in [0.2, 0.25) is 5.91 Å². The second kappa shape index (κ2) is 4.74. The van der Waals surface area contributed by atoms with E-state index in [-0.39, 0.29) is 17.7 Å². The highest BCUT2D eigenvalue weighted by atomic mass is 16.2. The molecule has 5 heteroatoms. The highest BCUT2D eigenvalue weighted by Gasteiger charge is 2.33. The van der Waals surface area contributed by atoms with E-state index >= 15 is 0 Å². The fourth-order valence-corrected chi connectivity index (χ4v) is 2.19. The maximum Gasteiger partial charge on any atom is 0.259 e. The first kappa shape index (κ1) is 11.3. The van der Waals surface area contributed by atoms with Gasteiger partial charge in [-0.2, -0.15) is 4.99 Å². The summed E-state index contributed by atoms with van der Waals surface area (Å²) in [5.41, 5.74) is 0. The zero-order chi connectivity index (χ0) is 11.5. The summed E-state index contributed by atoms with van der Waals surface area (Å²) in [6.45, 7) is 3.62. The van der Waals surface area contributed by atoms with Crippen LogP contribution >= 0.6 is 0 Å². The summed E-state index contributed by atoms with van der Waals surface area (Å²) in [5.74, 6) is -0.318. The molecular formula is C11H17N3O2. The van der Waals surface area contributed by atoms with E-state index in [1.165, 1.54) is 0 Å². The van der Waals surface area contributed by atoms with Gasteiger partial charge in [0.1, 0.15) is 11.8 Å². The van der Waals surface area contributed by atoms with Gasteiger partial charge < -0.3 is 10.6 Å². The van der Waals surface area contributed by atoms with Crippen LogP contribution in [-0.4, -0.2) is 30.7 Å². The second-order valence-electron chi connectivity index (χ2n) is 4.33. The molecule has 2 atom stereocenters. The zero-order valence-corrected chi connectivity index (χ0v) is 9.45. The summed E-state index contributed by atoms with van der Waals surface area (Å²) in [6, 6.07) is 0. The van der Waals surface area contributed by atoms with Crippen LogP contribution in [0.3, 0.4) is 0 Å². The molecule has 2 rings (SSSR count). The number of hydrogen-bond donors (Lipinski definition) is 2. The first-order valence-corrected chi connectivity index (χ1v) is 5.86. The van der Waals surface area contributed by atoms with Gasteiger partial charge in [0, 0.05) is 12.5 Å². The number of carbonyl (C=O) groups is 2. The van der Waals surface area contributed by atoms with Crippen molar-refractivity contribution >= 4 is 17.6 Å². The number of aliphatic imine (C=N–C) groups is 1. The van der Waals surface area contributed by atoms with Crippen LogP contribution in [0.4, 0.5) is 0 Å². The van der Waals surface area contributed by atoms with Crippen LogP contribution in [0, 0.1) is 11.8 Å². The minimum atomic E-state index is -0.583. The number of hydrogen-bond acceptors (Lipinski definition) is 3. The number of carbonyl (C=O) groups excluding carboxylic acids is 2. The average molecular weight is 223 g/mol. The second-order valence-corrected chi connectivity index (χ2v) is 4.33. The van der Waals surface area contributed by atoms with Crippen molar-refractivity contribution in [3.05, 3.63) is 0 Å². The van der Waals surface area contributed by atoms with Crippen LogP contribution in [-0.2, 0) is 9.59 Å². The summed E-state index contributed by atoms with van der Waals surface area (Å²) in [4.78, 5) is 27.3. The first-order chi connectivity index (χ1) is 7.72. The molecule has 0 aromatic carbocycles. The number of amidine groups is 1. The summed E-state index contributed by atoms with van der Waals surface area (Å²) >= 11 is 0. The molecule has 5 nitrogen and oxygen atoms in total. The third-order valence-electron chi connectivity index (χ3n) is 3.19. The number of piperidine rings is 1. The molecule has 2 N–H and O–H groups in total. The van der Waals surface area contributed by atoms with Gasteiger partial charge in [0.05, 0.1) is 0 Å². The molecule has 88 valence electrons. The van der Waals surface area contributed by atoms with Crippen LogP contribution < -0.4 is 10.6 Å². The summed E-state index contributed by atoms with van der Waals surface area (Å²) in [7, 11) is 0. The van der Waals surface area contributed by atoms with Gasteiger partial charge in [-0.05, 0) is 25.8 Å². The lowest BCUT2D eigenvalue weighted by Gasteiger charge is -2.27. The first-order valence-electron chi connectivity index (χ1n) is 5.86. The van der Waals surface area contributed by atoms with E-state index < -0.39 is 5.92 Å². The van der Waals surface area contributed by atoms with Crippen molar-refractivity contribution < 1.29 is 9.59 Å². The highest BCUT2D eigenvalue weighted by Crippen LogP contribution is 2.16. The Morgan fingerprint density at radius 2 is 2.25 bits per heavy atom. The summed E-state index contributed by atoms with van der Waals surface area (Å²) in [5, 5.41) is 6.01. The molecule has 2 amide bonds. The summed E-state index contributed by atoms with van der Waals surface area (Å²) < 4.78 is 0. The highest BCUT2D eigenvalue weighted by molar-refractivity contribution is 6.16. The zero-order valence-electron chi connectivity index (χ0n) is 9.45. The molecule has 1 fully saturated rings. The van der Waals surface area contributed by atoms with Gasteiger partial charge in [-0.3, -0.25) is 9.59 Å². The molecule has 2 heterocycles. The third-order valence-corrected chi connectivity index (χ3v) is 3.19. The minimum Gasteiger partial charge on any atom is -0.316 e. The SMILES string of the molecule is CCC1C(=O)N=C(C2CCCNC2)NC1=O. The van der Waals surface area contributed by atoms with Crippen LogP contribution in [0.15, 0.2) is 4.99 Å². The lowest BCUT2D eigenvalue weighted by Crippen LogP contribution is -2.49. The Hall–Kier alpha value is -1.23. The Morgan fingerprint density at radius 1 is 1.44 bits per heavy atom. The van der Waals surface area contributed by atoms with Crippen molar-refractivity contribution in [2.24, 2.45) is 16.8 Å². The number of nitrogens with one attached hydrogen (secondary N) is 2. The molecule has 0 spiro atoms. The molecule has 0 radical (unpaired) electrons. The molecule has 0 bridgehead atoms. The van der Waals surface area contributed by atoms with Crippen molar-refractivity contribution in [2.45, 2.75) is 26.2 Å². The average Bonchev–Trinajstić information content (AvgIpc) is 2.30. The van der Waals surface area contributed by atoms with Crippen molar-refractivity contribution in [1.29, 1.82) is 0 Å². The molecule has 1 saturated heterocycles. The van der Waals surface area contributed by atoms with Gasteiger partial charge in [-0.25, -0.2) is 0 Å². The summed E-state index contributed by atoms with van der Waals surface area (Å²) in [6.07, 6.45) is 2.56. The monoisotopic (exact) mass is 223 g/mol. The Kier molecular flexibility index (Phi) is 3.33. The molecule has 2 aliphatic rings. The molecule has 16 heavy (non-hydrogen) atoms. The van der Waals surface area contributed by atoms with E-state index in [1.807, 2.05) is 6.92 Å². The Labute approximate surface area is 94.7 Å². The maximum atomic E-state index is 11.7. The lowest BCUT2D eigenvalue weighted by molar-refractivity contribution is -0.133. The van der Waals surface area contributed by atoms with E-state index in [0.717, 1.165) is 25.9 Å². The maximum absolute atomic E-state index is 11.7. The van der Waals surface area contributed by atoms with E-state index in [4.69, 9.17) is 0 Å². The number of rotatable bonds is 2. The van der Waals surface area contributed by atoms with E-state index in [9.17, 15) is 9.59 Å². The molecule has 0 aromatic heterocycles. The van der Waals surface area contributed by atoms with Crippen LogP contribution in [0.1, 0.15) is 26.2 Å². The minimum absolute atomic E-state index is 0.180. The van der Waals surface area contributed by atoms with Crippen molar-refractivity contribution in [3.63, 3.8) is 0 Å².